The molecule has 0 heterocycles. The normalized spacial score (nSPS) is 11.2. The van der Waals surface area contributed by atoms with Crippen LogP contribution < -0.4 is 9.47 Å². The molecule has 3 aromatic carbocycles. The Morgan fingerprint density at radius 2 is 1.60 bits per heavy atom. The fourth-order valence-electron chi connectivity index (χ4n) is 2.59. The van der Waals surface area contributed by atoms with Crippen LogP contribution in [-0.4, -0.2) is 7.11 Å². The minimum absolute atomic E-state index is 0.175. The van der Waals surface area contributed by atoms with Gasteiger partial charge >= 0.3 is 0 Å². The Morgan fingerprint density at radius 1 is 0.880 bits per heavy atom. The molecular formula is C20H15F3O2. The standard InChI is InChI=1S/C20H15F3O2/c1-3-10-25-14-7-4-12(5-8-14)15-9-6-13-11-16(24-2)19(22)20(23)17(13)18(15)21/h3-11H,1-2H3/b10-3+. The smallest absolute Gasteiger partial charge is 0.201 e. The minimum Gasteiger partial charge on any atom is -0.494 e. The van der Waals surface area contributed by atoms with Gasteiger partial charge in [-0.05, 0) is 36.1 Å². The molecule has 128 valence electrons. The summed E-state index contributed by atoms with van der Waals surface area (Å²) >= 11 is 0. The van der Waals surface area contributed by atoms with Crippen LogP contribution in [0.4, 0.5) is 13.2 Å². The lowest BCUT2D eigenvalue weighted by atomic mass is 9.99. The summed E-state index contributed by atoms with van der Waals surface area (Å²) in [6.07, 6.45) is 3.26. The van der Waals surface area contributed by atoms with Crippen LogP contribution >= 0.6 is 0 Å². The van der Waals surface area contributed by atoms with Gasteiger partial charge in [-0.15, -0.1) is 0 Å². The summed E-state index contributed by atoms with van der Waals surface area (Å²) < 4.78 is 53.1. The van der Waals surface area contributed by atoms with Crippen molar-refractivity contribution in [1.82, 2.24) is 0 Å². The monoisotopic (exact) mass is 344 g/mol. The molecule has 0 bridgehead atoms. The van der Waals surface area contributed by atoms with Crippen LogP contribution in [0.15, 0.2) is 54.8 Å². The third kappa shape index (κ3) is 3.05. The highest BCUT2D eigenvalue weighted by Gasteiger charge is 2.19. The molecule has 0 aliphatic rings. The van der Waals surface area contributed by atoms with Gasteiger partial charge in [-0.2, -0.15) is 4.39 Å². The second-order valence-electron chi connectivity index (χ2n) is 5.34. The predicted molar refractivity (Wildman–Crippen MR) is 91.3 cm³/mol. The number of ether oxygens (including phenoxy) is 2. The van der Waals surface area contributed by atoms with E-state index >= 15 is 0 Å². The SMILES string of the molecule is C/C=C/Oc1ccc(-c2ccc3cc(OC)c(F)c(F)c3c2F)cc1. The number of benzene rings is 3. The van der Waals surface area contributed by atoms with Crippen LogP contribution in [0.2, 0.25) is 0 Å². The number of halogens is 3. The maximum Gasteiger partial charge on any atom is 0.201 e. The summed E-state index contributed by atoms with van der Waals surface area (Å²) in [6, 6.07) is 11.0. The molecule has 0 saturated heterocycles. The van der Waals surface area contributed by atoms with Crippen LogP contribution in [0.25, 0.3) is 21.9 Å². The summed E-state index contributed by atoms with van der Waals surface area (Å²) in [7, 11) is 1.23. The molecule has 25 heavy (non-hydrogen) atoms. The number of rotatable bonds is 4. The van der Waals surface area contributed by atoms with E-state index in [1.165, 1.54) is 31.6 Å². The lowest BCUT2D eigenvalue weighted by Gasteiger charge is -2.11. The average Bonchev–Trinajstić information content (AvgIpc) is 2.63. The molecule has 5 heteroatoms. The molecule has 0 unspecified atom stereocenters. The van der Waals surface area contributed by atoms with Crippen LogP contribution in [-0.2, 0) is 0 Å². The number of hydrogen-bond donors (Lipinski definition) is 0. The molecule has 0 spiro atoms. The largest absolute Gasteiger partial charge is 0.494 e. The van der Waals surface area contributed by atoms with Crippen LogP contribution in [0.3, 0.4) is 0 Å². The summed E-state index contributed by atoms with van der Waals surface area (Å²) in [4.78, 5) is 0. The number of methoxy groups -OCH3 is 1. The van der Waals surface area contributed by atoms with Gasteiger partial charge in [0.2, 0.25) is 5.82 Å². The van der Waals surface area contributed by atoms with Gasteiger partial charge < -0.3 is 9.47 Å². The van der Waals surface area contributed by atoms with Crippen LogP contribution in [0.5, 0.6) is 11.5 Å². The first kappa shape index (κ1) is 16.9. The zero-order valence-corrected chi connectivity index (χ0v) is 13.6. The van der Waals surface area contributed by atoms with E-state index in [1.807, 2.05) is 6.92 Å². The van der Waals surface area contributed by atoms with E-state index in [-0.39, 0.29) is 16.7 Å². The van der Waals surface area contributed by atoms with Crippen molar-refractivity contribution in [2.24, 2.45) is 0 Å². The molecule has 0 aliphatic carbocycles. The van der Waals surface area contributed by atoms with Crippen molar-refractivity contribution in [3.8, 4) is 22.6 Å². The Kier molecular flexibility index (Phi) is 4.65. The van der Waals surface area contributed by atoms with Crippen molar-refractivity contribution in [3.63, 3.8) is 0 Å². The van der Waals surface area contributed by atoms with Gasteiger partial charge in [0.25, 0.3) is 0 Å². The van der Waals surface area contributed by atoms with Crippen molar-refractivity contribution in [2.75, 3.05) is 7.11 Å². The van der Waals surface area contributed by atoms with Gasteiger partial charge in [0.15, 0.2) is 11.6 Å². The molecule has 3 aromatic rings. The second-order valence-corrected chi connectivity index (χ2v) is 5.34. The van der Waals surface area contributed by atoms with E-state index in [1.54, 1.807) is 30.3 Å². The third-order valence-corrected chi connectivity index (χ3v) is 3.81. The van der Waals surface area contributed by atoms with E-state index in [4.69, 9.17) is 9.47 Å². The number of allylic oxidation sites excluding steroid dienone is 1. The first-order valence-electron chi connectivity index (χ1n) is 7.59. The summed E-state index contributed by atoms with van der Waals surface area (Å²) in [5.74, 6) is -2.96. The van der Waals surface area contributed by atoms with Gasteiger partial charge in [-0.25, -0.2) is 8.78 Å². The summed E-state index contributed by atoms with van der Waals surface area (Å²) in [5.41, 5.74) is 0.705. The molecular weight excluding hydrogens is 329 g/mol. The van der Waals surface area contributed by atoms with E-state index in [2.05, 4.69) is 0 Å². The molecule has 0 aliphatic heterocycles. The molecule has 2 nitrogen and oxygen atoms in total. The highest BCUT2D eigenvalue weighted by Crippen LogP contribution is 2.35. The van der Waals surface area contributed by atoms with E-state index in [0.717, 1.165) is 0 Å². The minimum atomic E-state index is -1.26. The van der Waals surface area contributed by atoms with Gasteiger partial charge in [0.1, 0.15) is 11.6 Å². The molecule has 3 rings (SSSR count). The van der Waals surface area contributed by atoms with Crippen molar-refractivity contribution in [2.45, 2.75) is 6.92 Å². The van der Waals surface area contributed by atoms with Crippen molar-refractivity contribution in [3.05, 3.63) is 72.3 Å². The Balaban J connectivity index is 2.11. The zero-order chi connectivity index (χ0) is 18.0. The maximum atomic E-state index is 14.8. The van der Waals surface area contributed by atoms with Crippen molar-refractivity contribution < 1.29 is 22.6 Å². The first-order chi connectivity index (χ1) is 12.1. The van der Waals surface area contributed by atoms with Crippen LogP contribution in [0.1, 0.15) is 6.92 Å². The summed E-state index contributed by atoms with van der Waals surface area (Å²) in [5, 5.41) is -0.171. The number of hydrogen-bond acceptors (Lipinski definition) is 2. The fraction of sp³-hybridized carbons (Fsp3) is 0.100. The average molecular weight is 344 g/mol. The quantitative estimate of drug-likeness (QED) is 0.553. The number of fused-ring (bicyclic) bond motifs is 1. The molecule has 0 radical (unpaired) electrons. The second kappa shape index (κ2) is 6.89. The molecule has 0 aromatic heterocycles. The van der Waals surface area contributed by atoms with E-state index in [0.29, 0.717) is 11.3 Å². The van der Waals surface area contributed by atoms with Gasteiger partial charge in [0.05, 0.1) is 18.8 Å². The van der Waals surface area contributed by atoms with Crippen molar-refractivity contribution in [1.29, 1.82) is 0 Å². The Labute approximate surface area is 143 Å². The van der Waals surface area contributed by atoms with Gasteiger partial charge in [-0.3, -0.25) is 0 Å². The first-order valence-corrected chi connectivity index (χ1v) is 7.59. The zero-order valence-electron chi connectivity index (χ0n) is 13.6. The Bertz CT molecular complexity index is 948. The molecule has 0 atom stereocenters. The van der Waals surface area contributed by atoms with Crippen LogP contribution in [0, 0.1) is 17.5 Å². The highest BCUT2D eigenvalue weighted by molar-refractivity contribution is 5.90. The lowest BCUT2D eigenvalue weighted by molar-refractivity contribution is 0.374. The molecule has 0 amide bonds. The van der Waals surface area contributed by atoms with Crippen molar-refractivity contribution >= 4 is 10.8 Å². The topological polar surface area (TPSA) is 18.5 Å². The molecule has 0 saturated carbocycles. The predicted octanol–water partition coefficient (Wildman–Crippen LogP) is 5.85. The Morgan fingerprint density at radius 3 is 2.24 bits per heavy atom. The lowest BCUT2D eigenvalue weighted by Crippen LogP contribution is -1.97. The molecule has 0 fully saturated rings. The third-order valence-electron chi connectivity index (χ3n) is 3.81. The van der Waals surface area contributed by atoms with Gasteiger partial charge in [-0.1, -0.05) is 30.3 Å². The maximum absolute atomic E-state index is 14.8. The molecule has 0 N–H and O–H groups in total. The van der Waals surface area contributed by atoms with E-state index in [9.17, 15) is 13.2 Å². The van der Waals surface area contributed by atoms with Gasteiger partial charge in [0, 0.05) is 5.56 Å². The highest BCUT2D eigenvalue weighted by atomic mass is 19.2. The summed E-state index contributed by atoms with van der Waals surface area (Å²) in [6.45, 7) is 1.82. The Hall–Kier alpha value is -2.95. The fourth-order valence-corrected chi connectivity index (χ4v) is 2.59. The van der Waals surface area contributed by atoms with E-state index < -0.39 is 22.8 Å².